The van der Waals surface area contributed by atoms with E-state index in [2.05, 4.69) is 4.98 Å². The highest BCUT2D eigenvalue weighted by Gasteiger charge is 1.99. The topological polar surface area (TPSA) is 36.7 Å². The summed E-state index contributed by atoms with van der Waals surface area (Å²) in [5, 5.41) is 8.78. The number of nitriles is 1. The molecule has 0 saturated heterocycles. The third kappa shape index (κ3) is 1.96. The molecule has 0 spiro atoms. The Bertz CT molecular complexity index is 306. The highest BCUT2D eigenvalue weighted by Crippen LogP contribution is 2.10. The highest BCUT2D eigenvalue weighted by molar-refractivity contribution is 6.36. The lowest BCUT2D eigenvalue weighted by atomic mass is 9.98. The normalized spacial score (nSPS) is 9.09. The third-order valence-electron chi connectivity index (χ3n) is 1.19. The molecular weight excluding hydrogens is 158 g/mol. The summed E-state index contributed by atoms with van der Waals surface area (Å²) in [4.78, 5) is 3.89. The van der Waals surface area contributed by atoms with Gasteiger partial charge in [0.2, 0.25) is 0 Å². The van der Waals surface area contributed by atoms with Gasteiger partial charge in [-0.1, -0.05) is 17.1 Å². The summed E-state index contributed by atoms with van der Waals surface area (Å²) in [6, 6.07) is 3.54. The van der Waals surface area contributed by atoms with E-state index in [0.29, 0.717) is 16.2 Å². The van der Waals surface area contributed by atoms with Gasteiger partial charge < -0.3 is 0 Å². The Kier molecular flexibility index (Phi) is 2.51. The molecule has 1 aromatic heterocycles. The van der Waals surface area contributed by atoms with E-state index in [0.717, 1.165) is 0 Å². The maximum atomic E-state index is 8.33. The summed E-state index contributed by atoms with van der Waals surface area (Å²) < 4.78 is 0. The molecule has 0 aliphatic heterocycles. The van der Waals surface area contributed by atoms with Gasteiger partial charge >= 0.3 is 0 Å². The Morgan fingerprint density at radius 3 is 3.00 bits per heavy atom. The summed E-state index contributed by atoms with van der Waals surface area (Å²) in [5.41, 5.74) is 1.08. The Morgan fingerprint density at radius 1 is 1.73 bits per heavy atom. The molecule has 52 valence electrons. The van der Waals surface area contributed by atoms with Crippen LogP contribution >= 0.6 is 11.6 Å². The van der Waals surface area contributed by atoms with Crippen LogP contribution in [0.15, 0.2) is 12.3 Å². The predicted molar refractivity (Wildman–Crippen MR) is 44.0 cm³/mol. The van der Waals surface area contributed by atoms with E-state index < -0.39 is 0 Å². The van der Waals surface area contributed by atoms with Crippen LogP contribution in [0.25, 0.3) is 0 Å². The molecule has 4 heteroatoms. The molecule has 11 heavy (non-hydrogen) atoms. The van der Waals surface area contributed by atoms with Gasteiger partial charge in [-0.2, -0.15) is 5.26 Å². The average molecular weight is 162 g/mol. The second-order valence-electron chi connectivity index (χ2n) is 2.03. The highest BCUT2D eigenvalue weighted by atomic mass is 35.5. The van der Waals surface area contributed by atoms with Crippen LogP contribution in [0, 0.1) is 11.3 Å². The second kappa shape index (κ2) is 3.40. The summed E-state index contributed by atoms with van der Waals surface area (Å²) in [7, 11) is 5.39. The van der Waals surface area contributed by atoms with Crippen LogP contribution < -0.4 is 5.46 Å². The molecule has 0 saturated carbocycles. The maximum Gasteiger partial charge on any atom is 0.116 e. The SMILES string of the molecule is [B]c1cnc(CC#N)c(Cl)c1. The van der Waals surface area contributed by atoms with E-state index in [4.69, 9.17) is 24.7 Å². The number of nitrogens with zero attached hydrogens (tertiary/aromatic N) is 2. The van der Waals surface area contributed by atoms with Crippen molar-refractivity contribution in [2.24, 2.45) is 0 Å². The Labute approximate surface area is 71.2 Å². The first kappa shape index (κ1) is 8.09. The summed E-state index contributed by atoms with van der Waals surface area (Å²) in [5.74, 6) is 0. The number of aromatic nitrogens is 1. The van der Waals surface area contributed by atoms with Gasteiger partial charge in [-0.3, -0.25) is 4.98 Å². The molecule has 0 atom stereocenters. The molecular formula is C7H4BClN2. The molecule has 0 bridgehead atoms. The summed E-state index contributed by atoms with van der Waals surface area (Å²) in [6.45, 7) is 0. The van der Waals surface area contributed by atoms with Crippen molar-refractivity contribution in [2.75, 3.05) is 0 Å². The quantitative estimate of drug-likeness (QED) is 0.567. The molecule has 0 unspecified atom stereocenters. The van der Waals surface area contributed by atoms with Crippen LogP contribution in [0.4, 0.5) is 0 Å². The molecule has 1 rings (SSSR count). The van der Waals surface area contributed by atoms with Crippen molar-refractivity contribution in [2.45, 2.75) is 6.42 Å². The first-order valence-electron chi connectivity index (χ1n) is 3.01. The van der Waals surface area contributed by atoms with E-state index in [-0.39, 0.29) is 6.42 Å². The van der Waals surface area contributed by atoms with Gasteiger partial charge in [0.05, 0.1) is 23.2 Å². The van der Waals surface area contributed by atoms with Crippen molar-refractivity contribution in [1.29, 1.82) is 5.26 Å². The van der Waals surface area contributed by atoms with Crippen molar-refractivity contribution in [3.8, 4) is 6.07 Å². The first-order valence-corrected chi connectivity index (χ1v) is 3.38. The van der Waals surface area contributed by atoms with Crippen molar-refractivity contribution >= 4 is 24.9 Å². The standard InChI is InChI=1S/C7H4BClN2/c8-5-3-6(9)7(1-2-10)11-4-5/h3-4H,1H2. The fourth-order valence-electron chi connectivity index (χ4n) is 0.686. The number of pyridine rings is 1. The number of halogens is 1. The first-order chi connectivity index (χ1) is 5.24. The van der Waals surface area contributed by atoms with Crippen LogP contribution in [0.1, 0.15) is 5.69 Å². The number of hydrogen-bond acceptors (Lipinski definition) is 2. The Hall–Kier alpha value is -1.01. The molecule has 2 radical (unpaired) electrons. The van der Waals surface area contributed by atoms with Gasteiger partial charge in [-0.25, -0.2) is 0 Å². The number of hydrogen-bond donors (Lipinski definition) is 0. The van der Waals surface area contributed by atoms with Gasteiger partial charge in [0, 0.05) is 6.20 Å². The van der Waals surface area contributed by atoms with Gasteiger partial charge in [-0.05, 0) is 6.07 Å². The maximum absolute atomic E-state index is 8.33. The molecule has 0 N–H and O–H groups in total. The zero-order chi connectivity index (χ0) is 8.27. The van der Waals surface area contributed by atoms with Crippen molar-refractivity contribution in [3.63, 3.8) is 0 Å². The lowest BCUT2D eigenvalue weighted by Gasteiger charge is -1.98. The van der Waals surface area contributed by atoms with E-state index >= 15 is 0 Å². The fraction of sp³-hybridized carbons (Fsp3) is 0.143. The van der Waals surface area contributed by atoms with Crippen LogP contribution in [0.2, 0.25) is 5.02 Å². The lowest BCUT2D eigenvalue weighted by Crippen LogP contribution is -2.04. The second-order valence-corrected chi connectivity index (χ2v) is 2.44. The average Bonchev–Trinajstić information content (AvgIpc) is 1.95. The van der Waals surface area contributed by atoms with Gasteiger partial charge in [0.25, 0.3) is 0 Å². The zero-order valence-electron chi connectivity index (χ0n) is 5.71. The third-order valence-corrected chi connectivity index (χ3v) is 1.51. The minimum atomic E-state index is 0.221. The van der Waals surface area contributed by atoms with E-state index in [1.807, 2.05) is 6.07 Å². The van der Waals surface area contributed by atoms with Crippen molar-refractivity contribution < 1.29 is 0 Å². The molecule has 2 nitrogen and oxygen atoms in total. The van der Waals surface area contributed by atoms with Gasteiger partial charge in [0.1, 0.15) is 7.85 Å². The fourth-order valence-corrected chi connectivity index (χ4v) is 0.928. The predicted octanol–water partition coefficient (Wildman–Crippen LogP) is 0.595. The summed E-state index contributed by atoms with van der Waals surface area (Å²) in [6.07, 6.45) is 1.71. The Balaban J connectivity index is 3.01. The molecule has 1 heterocycles. The van der Waals surface area contributed by atoms with Crippen molar-refractivity contribution in [3.05, 3.63) is 23.0 Å². The molecule has 0 fully saturated rings. The van der Waals surface area contributed by atoms with Crippen LogP contribution in [-0.2, 0) is 6.42 Å². The van der Waals surface area contributed by atoms with E-state index in [9.17, 15) is 0 Å². The monoisotopic (exact) mass is 162 g/mol. The van der Waals surface area contributed by atoms with Gasteiger partial charge in [0.15, 0.2) is 0 Å². The molecule has 0 aliphatic carbocycles. The lowest BCUT2D eigenvalue weighted by molar-refractivity contribution is 1.12. The van der Waals surface area contributed by atoms with Gasteiger partial charge in [-0.15, -0.1) is 0 Å². The summed E-state index contributed by atoms with van der Waals surface area (Å²) >= 11 is 5.71. The smallest absolute Gasteiger partial charge is 0.116 e. The van der Waals surface area contributed by atoms with E-state index in [1.54, 1.807) is 6.07 Å². The molecule has 1 aromatic rings. The van der Waals surface area contributed by atoms with Crippen LogP contribution in [0.3, 0.4) is 0 Å². The van der Waals surface area contributed by atoms with Crippen molar-refractivity contribution in [1.82, 2.24) is 4.98 Å². The molecule has 0 aromatic carbocycles. The minimum Gasteiger partial charge on any atom is -0.259 e. The molecule has 0 amide bonds. The largest absolute Gasteiger partial charge is 0.259 e. The van der Waals surface area contributed by atoms with Crippen LogP contribution in [-0.4, -0.2) is 12.8 Å². The van der Waals surface area contributed by atoms with E-state index in [1.165, 1.54) is 6.20 Å². The van der Waals surface area contributed by atoms with Crippen LogP contribution in [0.5, 0.6) is 0 Å². The Morgan fingerprint density at radius 2 is 2.45 bits per heavy atom. The zero-order valence-corrected chi connectivity index (χ0v) is 6.47. The minimum absolute atomic E-state index is 0.221. The number of rotatable bonds is 1. The molecule has 0 aliphatic rings.